The van der Waals surface area contributed by atoms with Crippen LogP contribution in [0.5, 0.6) is 0 Å². The number of nitrogens with one attached hydrogen (secondary N) is 1. The fraction of sp³-hybridized carbons (Fsp3) is 0.952. The van der Waals surface area contributed by atoms with Crippen molar-refractivity contribution in [2.75, 3.05) is 26.9 Å². The fourth-order valence-corrected chi connectivity index (χ4v) is 6.14. The summed E-state index contributed by atoms with van der Waals surface area (Å²) >= 11 is -0.0362. The zero-order valence-corrected chi connectivity index (χ0v) is 39.6. The third kappa shape index (κ3) is 19.5. The minimum atomic E-state index is -5.74. The predicted molar refractivity (Wildman–Crippen MR) is 142 cm³/mol. The summed E-state index contributed by atoms with van der Waals surface area (Å²) in [4.78, 5) is 12.1. The Morgan fingerprint density at radius 1 is 0.887 bits per heavy atom. The summed E-state index contributed by atoms with van der Waals surface area (Å²) in [5.41, 5.74) is 0. The van der Waals surface area contributed by atoms with Gasteiger partial charge < -0.3 is 78.6 Å². The maximum atomic E-state index is 12.1. The van der Waals surface area contributed by atoms with Crippen LogP contribution in [0.1, 0.15) is 13.3 Å². The topological polar surface area (TPSA) is 394 Å². The van der Waals surface area contributed by atoms with Gasteiger partial charge in [0.15, 0.2) is 28.9 Å². The second-order valence-corrected chi connectivity index (χ2v) is 13.0. The summed E-state index contributed by atoms with van der Waals surface area (Å²) < 4.78 is 110. The van der Waals surface area contributed by atoms with E-state index in [1.807, 2.05) is 0 Å². The molecular formula is C21H35NNa4O24S3. The molecule has 25 nitrogen and oxygen atoms in total. The molecule has 2 aliphatic rings. The van der Waals surface area contributed by atoms with Crippen molar-refractivity contribution in [3.05, 3.63) is 0 Å². The minimum absolute atomic E-state index is 0. The van der Waals surface area contributed by atoms with Crippen LogP contribution < -0.4 is 133 Å². The van der Waals surface area contributed by atoms with Crippen LogP contribution in [0, 0.1) is 0 Å². The van der Waals surface area contributed by atoms with E-state index in [-0.39, 0.29) is 137 Å². The average Bonchev–Trinajstić information content (AvgIpc) is 3.01. The number of aliphatic carboxylic acids is 1. The van der Waals surface area contributed by atoms with Gasteiger partial charge >= 0.3 is 118 Å². The number of aliphatic hydroxyl groups excluding tert-OH is 6. The van der Waals surface area contributed by atoms with Gasteiger partial charge in [0.05, 0.1) is 31.9 Å². The van der Waals surface area contributed by atoms with Crippen molar-refractivity contribution >= 4 is 39.0 Å². The maximum Gasteiger partial charge on any atom is 1.00 e. The third-order valence-electron chi connectivity index (χ3n) is 7.10. The number of methoxy groups -OCH3 is 1. The number of hydrogen-bond donors (Lipinski definition) is 7. The van der Waals surface area contributed by atoms with E-state index in [9.17, 15) is 71.7 Å². The van der Waals surface area contributed by atoms with Gasteiger partial charge in [0.1, 0.15) is 73.2 Å². The number of carboxylic acid groups (broad SMARTS) is 1. The molecule has 0 amide bonds. The zero-order chi connectivity index (χ0) is 37.3. The standard InChI is InChI=1S/C21H39NO24S3.4Na/c1-3-7(23)12(25)13(26)8(24)4-39-5-9-17(44-49(35,36)37)15(28)18(19(41-9)20(29)30)43-21-11(22-48(32,33)34)14(27)16(38-2)10(42-21)6-40-47-46-45-31;;;;/h7-19,21-28,31H,3-6H2,1-2H3,(H,29,30)(H,32,33,34)(H,35,36,37);;;;/q;4*+1/p-4/t7?,8?,9-,10?,11?,12-,13+,14-,15-,16+,17?,18+,19?,21-;;;;/m0..../s1. The Labute approximate surface area is 396 Å². The Hall–Kier alpha value is 2.96. The van der Waals surface area contributed by atoms with E-state index in [0.717, 1.165) is 7.11 Å². The molecule has 14 atom stereocenters. The first-order valence-corrected chi connectivity index (χ1v) is 17.1. The van der Waals surface area contributed by atoms with Gasteiger partial charge in [0.25, 0.3) is 0 Å². The van der Waals surface area contributed by atoms with E-state index in [0.29, 0.717) is 0 Å². The van der Waals surface area contributed by atoms with Crippen molar-refractivity contribution in [3.8, 4) is 0 Å². The van der Waals surface area contributed by atoms with E-state index in [4.69, 9.17) is 27.9 Å². The van der Waals surface area contributed by atoms with Crippen LogP contribution in [0.2, 0.25) is 0 Å². The molecular weight excluding hydrogens is 838 g/mol. The molecule has 2 heterocycles. The van der Waals surface area contributed by atoms with Crippen LogP contribution in [-0.4, -0.2) is 175 Å². The Morgan fingerprint density at radius 2 is 1.45 bits per heavy atom. The van der Waals surface area contributed by atoms with Gasteiger partial charge in [-0.05, 0) is 6.42 Å². The molecule has 0 aromatic heterocycles. The van der Waals surface area contributed by atoms with Crippen LogP contribution in [-0.2, 0) is 66.9 Å². The molecule has 0 saturated carbocycles. The van der Waals surface area contributed by atoms with Gasteiger partial charge in [-0.15, -0.1) is 4.33 Å². The monoisotopic (exact) mass is 873 g/mol. The molecule has 0 spiro atoms. The second kappa shape index (κ2) is 28.5. The van der Waals surface area contributed by atoms with E-state index in [2.05, 4.69) is 13.6 Å². The Bertz CT molecular complexity index is 1250. The van der Waals surface area contributed by atoms with Crippen molar-refractivity contribution < 1.29 is 231 Å². The van der Waals surface area contributed by atoms with Crippen molar-refractivity contribution in [3.63, 3.8) is 0 Å². The van der Waals surface area contributed by atoms with E-state index < -0.39 is 132 Å². The van der Waals surface area contributed by atoms with Crippen molar-refractivity contribution in [2.45, 2.75) is 98.9 Å². The molecule has 0 aliphatic carbocycles. The number of aliphatic hydroxyl groups is 6. The van der Waals surface area contributed by atoms with Gasteiger partial charge in [-0.2, -0.15) is 0 Å². The average molecular weight is 874 g/mol. The van der Waals surface area contributed by atoms with Crippen molar-refractivity contribution in [1.82, 2.24) is 4.72 Å². The van der Waals surface area contributed by atoms with Crippen LogP contribution in [0.3, 0.4) is 0 Å². The molecule has 0 radical (unpaired) electrons. The molecule has 0 aromatic carbocycles. The summed E-state index contributed by atoms with van der Waals surface area (Å²) in [6, 6.07) is -2.15. The van der Waals surface area contributed by atoms with Gasteiger partial charge in [0, 0.05) is 7.11 Å². The van der Waals surface area contributed by atoms with Crippen LogP contribution >= 0.6 is 12.3 Å². The van der Waals surface area contributed by atoms with Crippen LogP contribution in [0.4, 0.5) is 0 Å². The summed E-state index contributed by atoms with van der Waals surface area (Å²) in [5, 5.41) is 86.7. The Kier molecular flexibility index (Phi) is 32.4. The van der Waals surface area contributed by atoms with Crippen LogP contribution in [0.15, 0.2) is 0 Å². The molecule has 2 aliphatic heterocycles. The zero-order valence-electron chi connectivity index (χ0n) is 29.2. The molecule has 0 bridgehead atoms. The SMILES string of the molecule is CCC(O)[C@H](O)[C@H](O)C(O)COC[C@@H]1OC(C(=O)[O-])[C@H](O[C@@H]2OC(COSOO[O-])[C@@H](OC)[C@@H](O)C2NS(=O)(=O)[O-])[C@@H](O)C1OS(=O)(=O)[O-].[Na+].[Na+].[Na+].[Na+]. The van der Waals surface area contributed by atoms with E-state index in [1.165, 1.54) is 11.6 Å². The normalized spacial score (nSPS) is 31.3. The maximum absolute atomic E-state index is 12.1. The van der Waals surface area contributed by atoms with Gasteiger partial charge in [0.2, 0.25) is 10.4 Å². The summed E-state index contributed by atoms with van der Waals surface area (Å²) in [7, 11) is -10.2. The minimum Gasteiger partial charge on any atom is -0.735 e. The quantitative estimate of drug-likeness (QED) is 0.0107. The smallest absolute Gasteiger partial charge is 0.735 e. The largest absolute Gasteiger partial charge is 1.00 e. The predicted octanol–water partition coefficient (Wildman–Crippen LogP) is -20.7. The van der Waals surface area contributed by atoms with Crippen LogP contribution in [0.25, 0.3) is 0 Å². The fourth-order valence-electron chi connectivity index (χ4n) is 4.79. The number of rotatable bonds is 21. The number of carbonyl (C=O) groups excluding carboxylic acids is 1. The number of carbonyl (C=O) groups is 1. The summed E-state index contributed by atoms with van der Waals surface area (Å²) in [6.07, 6.45) is -26.4. The van der Waals surface area contributed by atoms with E-state index in [1.54, 1.807) is 0 Å². The van der Waals surface area contributed by atoms with Gasteiger partial charge in [-0.1, -0.05) is 6.92 Å². The molecule has 6 unspecified atom stereocenters. The molecule has 53 heavy (non-hydrogen) atoms. The first-order valence-electron chi connectivity index (χ1n) is 13.7. The number of carboxylic acids is 1. The number of ether oxygens (including phenoxy) is 5. The molecule has 7 N–H and O–H groups in total. The third-order valence-corrected chi connectivity index (χ3v) is 8.46. The Morgan fingerprint density at radius 3 is 1.94 bits per heavy atom. The second-order valence-electron chi connectivity index (χ2n) is 10.4. The van der Waals surface area contributed by atoms with E-state index >= 15 is 0 Å². The number of hydrogen-bond acceptors (Lipinski definition) is 25. The first-order chi connectivity index (χ1) is 22.8. The van der Waals surface area contributed by atoms with Gasteiger partial charge in [-0.25, -0.2) is 21.6 Å². The molecule has 0 aromatic rings. The summed E-state index contributed by atoms with van der Waals surface area (Å²) in [6.45, 7) is -1.08. The van der Waals surface area contributed by atoms with Gasteiger partial charge in [-0.3, -0.25) is 13.4 Å². The molecule has 32 heteroatoms. The molecule has 290 valence electrons. The Balaban J connectivity index is -0.00000625. The first kappa shape index (κ1) is 60.3. The molecule has 2 saturated heterocycles. The molecule has 2 fully saturated rings. The summed E-state index contributed by atoms with van der Waals surface area (Å²) in [5.74, 6) is -2.18. The molecule has 2 rings (SSSR count). The van der Waals surface area contributed by atoms with Crippen molar-refractivity contribution in [1.29, 1.82) is 0 Å². The van der Waals surface area contributed by atoms with Crippen molar-refractivity contribution in [2.24, 2.45) is 0 Å².